The monoisotopic (exact) mass is 534 g/mol. The summed E-state index contributed by atoms with van der Waals surface area (Å²) in [6.07, 6.45) is -1.07. The summed E-state index contributed by atoms with van der Waals surface area (Å²) in [5.74, 6) is -0.432. The Morgan fingerprint density at radius 2 is 1.66 bits per heavy atom. The van der Waals surface area contributed by atoms with E-state index in [1.807, 2.05) is 60.7 Å². The van der Waals surface area contributed by atoms with Gasteiger partial charge >= 0.3 is 12.1 Å². The van der Waals surface area contributed by atoms with E-state index >= 15 is 0 Å². The normalized spacial score (nSPS) is 11.6. The number of carbonyl (C=O) groups is 2. The molecule has 1 aromatic heterocycles. The number of halogens is 1. The van der Waals surface area contributed by atoms with Gasteiger partial charge in [0.2, 0.25) is 0 Å². The van der Waals surface area contributed by atoms with E-state index in [-0.39, 0.29) is 6.42 Å². The summed E-state index contributed by atoms with van der Waals surface area (Å²) < 4.78 is 12.0. The number of carboxylic acids is 1. The van der Waals surface area contributed by atoms with Crippen LogP contribution < -0.4 is 5.32 Å². The number of hydrogen-bond donors (Lipinski definition) is 2. The first-order valence-electron chi connectivity index (χ1n) is 10.9. The average molecular weight is 535 g/mol. The van der Waals surface area contributed by atoms with Gasteiger partial charge in [0.25, 0.3) is 0 Å². The van der Waals surface area contributed by atoms with Gasteiger partial charge in [-0.05, 0) is 48.2 Å². The van der Waals surface area contributed by atoms with Crippen molar-refractivity contribution in [3.05, 3.63) is 94.1 Å². The van der Waals surface area contributed by atoms with E-state index in [0.717, 1.165) is 32.3 Å². The molecule has 178 valence electrons. The Kier molecular flexibility index (Phi) is 7.31. The Labute approximate surface area is 210 Å². The van der Waals surface area contributed by atoms with Crippen molar-refractivity contribution in [3.63, 3.8) is 0 Å². The fourth-order valence-electron chi connectivity index (χ4n) is 3.64. The van der Waals surface area contributed by atoms with Gasteiger partial charge in [0, 0.05) is 10.0 Å². The van der Waals surface area contributed by atoms with Crippen LogP contribution in [-0.4, -0.2) is 22.3 Å². The average Bonchev–Trinajstić information content (AvgIpc) is 3.19. The SMILES string of the molecule is Cc1noc(-c2ccc(-c3ccc(CC(=O)O)cc3)cc2)c1NC(=O)OC(C)c1cccc(Br)c1. The molecule has 8 heteroatoms. The fraction of sp³-hybridized carbons (Fsp3) is 0.148. The summed E-state index contributed by atoms with van der Waals surface area (Å²) in [4.78, 5) is 23.5. The van der Waals surface area contributed by atoms with Gasteiger partial charge in [-0.2, -0.15) is 0 Å². The van der Waals surface area contributed by atoms with E-state index in [1.165, 1.54) is 0 Å². The smallest absolute Gasteiger partial charge is 0.412 e. The Balaban J connectivity index is 1.48. The zero-order valence-corrected chi connectivity index (χ0v) is 20.7. The molecule has 0 bridgehead atoms. The lowest BCUT2D eigenvalue weighted by molar-refractivity contribution is -0.136. The number of nitrogens with zero attached hydrogens (tertiary/aromatic N) is 1. The molecule has 4 aromatic rings. The standard InChI is InChI=1S/C27H23BrN2O5/c1-16-25(29-27(33)34-17(2)22-4-3-5-23(28)15-22)26(35-30-16)21-12-10-20(11-13-21)19-8-6-18(7-9-19)14-24(31)32/h3-13,15,17H,14H2,1-2H3,(H,29,33)(H,31,32). The molecule has 0 aliphatic heterocycles. The molecule has 1 atom stereocenters. The molecule has 35 heavy (non-hydrogen) atoms. The molecule has 1 heterocycles. The zero-order chi connectivity index (χ0) is 24.9. The van der Waals surface area contributed by atoms with Gasteiger partial charge in [-0.3, -0.25) is 10.1 Å². The second-order valence-electron chi connectivity index (χ2n) is 8.04. The maximum atomic E-state index is 12.6. The maximum absolute atomic E-state index is 12.6. The highest BCUT2D eigenvalue weighted by atomic mass is 79.9. The summed E-state index contributed by atoms with van der Waals surface area (Å²) in [5, 5.41) is 15.7. The number of ether oxygens (including phenoxy) is 1. The van der Waals surface area contributed by atoms with E-state index in [2.05, 4.69) is 26.4 Å². The number of rotatable bonds is 7. The molecule has 3 aromatic carbocycles. The van der Waals surface area contributed by atoms with Crippen molar-refractivity contribution in [2.45, 2.75) is 26.4 Å². The predicted octanol–water partition coefficient (Wildman–Crippen LogP) is 7.02. The molecule has 0 fully saturated rings. The van der Waals surface area contributed by atoms with Crippen molar-refractivity contribution >= 4 is 33.7 Å². The first kappa shape index (κ1) is 24.2. The third-order valence-electron chi connectivity index (χ3n) is 5.48. The Morgan fingerprint density at radius 1 is 1.03 bits per heavy atom. The minimum Gasteiger partial charge on any atom is -0.481 e. The lowest BCUT2D eigenvalue weighted by atomic mass is 10.0. The molecule has 1 unspecified atom stereocenters. The molecule has 0 saturated heterocycles. The van der Waals surface area contributed by atoms with Gasteiger partial charge in [0.1, 0.15) is 17.5 Å². The van der Waals surface area contributed by atoms with Crippen LogP contribution in [-0.2, 0) is 16.0 Å². The van der Waals surface area contributed by atoms with Crippen molar-refractivity contribution in [2.75, 3.05) is 5.32 Å². The lowest BCUT2D eigenvalue weighted by Crippen LogP contribution is -2.16. The highest BCUT2D eigenvalue weighted by Crippen LogP contribution is 2.33. The Bertz CT molecular complexity index is 1350. The highest BCUT2D eigenvalue weighted by Gasteiger charge is 2.20. The van der Waals surface area contributed by atoms with Gasteiger partial charge in [-0.25, -0.2) is 4.79 Å². The van der Waals surface area contributed by atoms with Crippen molar-refractivity contribution in [1.29, 1.82) is 0 Å². The number of benzene rings is 3. The Hall–Kier alpha value is -3.91. The minimum atomic E-state index is -0.861. The number of nitrogens with one attached hydrogen (secondary N) is 1. The first-order valence-corrected chi connectivity index (χ1v) is 11.7. The molecule has 2 N–H and O–H groups in total. The van der Waals surface area contributed by atoms with Gasteiger partial charge in [0.05, 0.1) is 6.42 Å². The van der Waals surface area contributed by atoms with E-state index in [0.29, 0.717) is 17.1 Å². The number of amides is 1. The lowest BCUT2D eigenvalue weighted by Gasteiger charge is -2.14. The van der Waals surface area contributed by atoms with Gasteiger partial charge in [-0.15, -0.1) is 0 Å². The van der Waals surface area contributed by atoms with Crippen LogP contribution in [0.2, 0.25) is 0 Å². The number of carbonyl (C=O) groups excluding carboxylic acids is 1. The summed E-state index contributed by atoms with van der Waals surface area (Å²) in [6, 6.07) is 22.6. The minimum absolute atomic E-state index is 0.00997. The van der Waals surface area contributed by atoms with Crippen LogP contribution in [0.5, 0.6) is 0 Å². The van der Waals surface area contributed by atoms with Crippen molar-refractivity contribution in [3.8, 4) is 22.5 Å². The van der Waals surface area contributed by atoms with Crippen LogP contribution >= 0.6 is 15.9 Å². The molecular formula is C27H23BrN2O5. The maximum Gasteiger partial charge on any atom is 0.412 e. The Morgan fingerprint density at radius 3 is 2.29 bits per heavy atom. The van der Waals surface area contributed by atoms with E-state index in [9.17, 15) is 9.59 Å². The molecular weight excluding hydrogens is 512 g/mol. The van der Waals surface area contributed by atoms with E-state index in [4.69, 9.17) is 14.4 Å². The number of aliphatic carboxylic acids is 1. The molecule has 0 aliphatic rings. The topological polar surface area (TPSA) is 102 Å². The second kappa shape index (κ2) is 10.6. The van der Waals surface area contributed by atoms with E-state index < -0.39 is 18.2 Å². The molecule has 7 nitrogen and oxygen atoms in total. The molecule has 0 aliphatic carbocycles. The van der Waals surface area contributed by atoms with E-state index in [1.54, 1.807) is 26.0 Å². The van der Waals surface area contributed by atoms with Crippen molar-refractivity contribution in [1.82, 2.24) is 5.16 Å². The van der Waals surface area contributed by atoms with Crippen LogP contribution in [0.4, 0.5) is 10.5 Å². The quantitative estimate of drug-likeness (QED) is 0.264. The number of hydrogen-bond acceptors (Lipinski definition) is 5. The summed E-state index contributed by atoms with van der Waals surface area (Å²) in [5.41, 5.74) is 5.25. The first-order chi connectivity index (χ1) is 16.8. The van der Waals surface area contributed by atoms with Crippen molar-refractivity contribution in [2.24, 2.45) is 0 Å². The van der Waals surface area contributed by atoms with Crippen LogP contribution in [0.15, 0.2) is 81.8 Å². The number of aryl methyl sites for hydroxylation is 1. The van der Waals surface area contributed by atoms with Crippen LogP contribution in [0.1, 0.15) is 29.8 Å². The number of aromatic nitrogens is 1. The van der Waals surface area contributed by atoms with Crippen LogP contribution in [0.25, 0.3) is 22.5 Å². The van der Waals surface area contributed by atoms with Gasteiger partial charge in [0.15, 0.2) is 5.76 Å². The molecule has 4 rings (SSSR count). The fourth-order valence-corrected chi connectivity index (χ4v) is 4.05. The van der Waals surface area contributed by atoms with Gasteiger partial charge < -0.3 is 14.4 Å². The van der Waals surface area contributed by atoms with Gasteiger partial charge in [-0.1, -0.05) is 81.8 Å². The molecule has 0 spiro atoms. The van der Waals surface area contributed by atoms with Crippen LogP contribution in [0.3, 0.4) is 0 Å². The molecule has 0 saturated carbocycles. The largest absolute Gasteiger partial charge is 0.481 e. The predicted molar refractivity (Wildman–Crippen MR) is 136 cm³/mol. The number of carboxylic acid groups (broad SMARTS) is 1. The second-order valence-corrected chi connectivity index (χ2v) is 8.96. The van der Waals surface area contributed by atoms with Crippen molar-refractivity contribution < 1.29 is 24.0 Å². The van der Waals surface area contributed by atoms with Crippen LogP contribution in [0, 0.1) is 6.92 Å². The third kappa shape index (κ3) is 5.96. The highest BCUT2D eigenvalue weighted by molar-refractivity contribution is 9.10. The number of anilines is 1. The summed E-state index contributed by atoms with van der Waals surface area (Å²) in [6.45, 7) is 3.54. The third-order valence-corrected chi connectivity index (χ3v) is 5.97. The summed E-state index contributed by atoms with van der Waals surface area (Å²) >= 11 is 3.42. The zero-order valence-electron chi connectivity index (χ0n) is 19.1. The summed E-state index contributed by atoms with van der Waals surface area (Å²) in [7, 11) is 0. The molecule has 1 amide bonds. The molecule has 0 radical (unpaired) electrons.